The van der Waals surface area contributed by atoms with E-state index in [1.807, 2.05) is 28.8 Å². The molecule has 4 rings (SSSR count). The molecular formula is C17H17N3O. The third kappa shape index (κ3) is 1.87. The molecule has 0 radical (unpaired) electrons. The van der Waals surface area contributed by atoms with Crippen molar-refractivity contribution in [3.05, 3.63) is 48.2 Å². The van der Waals surface area contributed by atoms with Crippen molar-refractivity contribution in [3.63, 3.8) is 0 Å². The summed E-state index contributed by atoms with van der Waals surface area (Å²) in [5.41, 5.74) is 10.4. The number of fused-ring (bicyclic) bond motifs is 1. The molecule has 0 saturated heterocycles. The summed E-state index contributed by atoms with van der Waals surface area (Å²) in [6.45, 7) is 0. The molecule has 0 unspecified atom stereocenters. The predicted octanol–water partition coefficient (Wildman–Crippen LogP) is 3.47. The molecule has 106 valence electrons. The number of nitrogens with zero attached hydrogens (tertiary/aromatic N) is 2. The molecule has 0 amide bonds. The lowest BCUT2D eigenvalue weighted by molar-refractivity contribution is 0.417. The molecule has 4 nitrogen and oxygen atoms in total. The van der Waals surface area contributed by atoms with E-state index in [-0.39, 0.29) is 0 Å². The lowest BCUT2D eigenvalue weighted by Gasteiger charge is -2.06. The third-order valence-electron chi connectivity index (χ3n) is 4.10. The van der Waals surface area contributed by atoms with E-state index in [0.29, 0.717) is 11.7 Å². The number of rotatable bonds is 3. The van der Waals surface area contributed by atoms with E-state index in [2.05, 4.69) is 18.2 Å². The fourth-order valence-corrected chi connectivity index (χ4v) is 2.88. The van der Waals surface area contributed by atoms with Gasteiger partial charge in [0.1, 0.15) is 11.5 Å². The summed E-state index contributed by atoms with van der Waals surface area (Å²) in [6.07, 6.45) is 4.44. The minimum Gasteiger partial charge on any atom is -0.493 e. The van der Waals surface area contributed by atoms with Crippen LogP contribution in [0.4, 0.5) is 5.82 Å². The summed E-state index contributed by atoms with van der Waals surface area (Å²) in [4.78, 5) is 4.74. The summed E-state index contributed by atoms with van der Waals surface area (Å²) in [6, 6.07) is 12.2. The van der Waals surface area contributed by atoms with Gasteiger partial charge in [-0.25, -0.2) is 4.98 Å². The Morgan fingerprint density at radius 1 is 1.19 bits per heavy atom. The molecular weight excluding hydrogens is 262 g/mol. The normalized spacial score (nSPS) is 14.5. The maximum Gasteiger partial charge on any atom is 0.181 e. The smallest absolute Gasteiger partial charge is 0.181 e. The van der Waals surface area contributed by atoms with Gasteiger partial charge in [-0.1, -0.05) is 24.3 Å². The molecule has 2 aromatic heterocycles. The number of benzene rings is 1. The SMILES string of the molecule is COc1cccn2c(N)c(-c3ccccc3C3CC3)nc12. The monoisotopic (exact) mass is 279 g/mol. The van der Waals surface area contributed by atoms with Crippen LogP contribution in [0.1, 0.15) is 24.3 Å². The average molecular weight is 279 g/mol. The number of nitrogen functional groups attached to an aromatic ring is 1. The van der Waals surface area contributed by atoms with Crippen LogP contribution in [0.2, 0.25) is 0 Å². The zero-order chi connectivity index (χ0) is 14.4. The summed E-state index contributed by atoms with van der Waals surface area (Å²) < 4.78 is 7.27. The number of aromatic nitrogens is 2. The number of hydrogen-bond acceptors (Lipinski definition) is 3. The van der Waals surface area contributed by atoms with Gasteiger partial charge in [0, 0.05) is 11.8 Å². The number of pyridine rings is 1. The Kier molecular flexibility index (Phi) is 2.64. The van der Waals surface area contributed by atoms with Gasteiger partial charge in [0.05, 0.1) is 7.11 Å². The molecule has 1 aliphatic carbocycles. The lowest BCUT2D eigenvalue weighted by atomic mass is 10.0. The molecule has 1 aromatic carbocycles. The quantitative estimate of drug-likeness (QED) is 0.798. The molecule has 1 saturated carbocycles. The second-order valence-electron chi connectivity index (χ2n) is 5.48. The van der Waals surface area contributed by atoms with Gasteiger partial charge in [-0.05, 0) is 36.5 Å². The van der Waals surface area contributed by atoms with Crippen molar-refractivity contribution >= 4 is 11.5 Å². The summed E-state index contributed by atoms with van der Waals surface area (Å²) in [7, 11) is 1.65. The van der Waals surface area contributed by atoms with Gasteiger partial charge < -0.3 is 10.5 Å². The fourth-order valence-electron chi connectivity index (χ4n) is 2.88. The number of ether oxygens (including phenoxy) is 1. The molecule has 1 aliphatic rings. The van der Waals surface area contributed by atoms with Gasteiger partial charge >= 0.3 is 0 Å². The Hall–Kier alpha value is -2.49. The Morgan fingerprint density at radius 3 is 2.76 bits per heavy atom. The van der Waals surface area contributed by atoms with Gasteiger partial charge in [-0.15, -0.1) is 0 Å². The number of anilines is 1. The summed E-state index contributed by atoms with van der Waals surface area (Å²) >= 11 is 0. The van der Waals surface area contributed by atoms with Crippen LogP contribution in [-0.4, -0.2) is 16.5 Å². The largest absolute Gasteiger partial charge is 0.493 e. The minimum atomic E-state index is 0.660. The van der Waals surface area contributed by atoms with E-state index in [1.165, 1.54) is 18.4 Å². The number of nitrogens with two attached hydrogens (primary N) is 1. The van der Waals surface area contributed by atoms with Gasteiger partial charge in [0.2, 0.25) is 0 Å². The Balaban J connectivity index is 1.97. The van der Waals surface area contributed by atoms with E-state index in [4.69, 9.17) is 15.5 Å². The second kappa shape index (κ2) is 4.52. The first-order chi connectivity index (χ1) is 10.3. The van der Waals surface area contributed by atoms with E-state index >= 15 is 0 Å². The zero-order valence-electron chi connectivity index (χ0n) is 11.9. The maximum atomic E-state index is 6.33. The van der Waals surface area contributed by atoms with Crippen LogP contribution in [0.5, 0.6) is 5.75 Å². The van der Waals surface area contributed by atoms with Crippen LogP contribution in [-0.2, 0) is 0 Å². The number of methoxy groups -OCH3 is 1. The van der Waals surface area contributed by atoms with Crippen LogP contribution in [0.15, 0.2) is 42.6 Å². The fraction of sp³-hybridized carbons (Fsp3) is 0.235. The third-order valence-corrected chi connectivity index (χ3v) is 4.10. The van der Waals surface area contributed by atoms with Gasteiger partial charge in [-0.3, -0.25) is 4.40 Å². The highest BCUT2D eigenvalue weighted by Gasteiger charge is 2.27. The first-order valence-corrected chi connectivity index (χ1v) is 7.19. The highest BCUT2D eigenvalue weighted by atomic mass is 16.5. The molecule has 3 aromatic rings. The first kappa shape index (κ1) is 12.3. The molecule has 4 heteroatoms. The molecule has 0 bridgehead atoms. The average Bonchev–Trinajstić information content (AvgIpc) is 3.32. The molecule has 21 heavy (non-hydrogen) atoms. The van der Waals surface area contributed by atoms with Crippen molar-refractivity contribution in [2.24, 2.45) is 0 Å². The van der Waals surface area contributed by atoms with Crippen molar-refractivity contribution in [1.29, 1.82) is 0 Å². The van der Waals surface area contributed by atoms with Crippen LogP contribution < -0.4 is 10.5 Å². The Bertz CT molecular complexity index is 818. The van der Waals surface area contributed by atoms with E-state index in [9.17, 15) is 0 Å². The molecule has 0 aliphatic heterocycles. The van der Waals surface area contributed by atoms with Crippen molar-refractivity contribution in [2.75, 3.05) is 12.8 Å². The van der Waals surface area contributed by atoms with Crippen molar-refractivity contribution in [1.82, 2.24) is 9.38 Å². The number of imidazole rings is 1. The van der Waals surface area contributed by atoms with Crippen LogP contribution in [0, 0.1) is 0 Å². The highest BCUT2D eigenvalue weighted by molar-refractivity contribution is 5.79. The lowest BCUT2D eigenvalue weighted by Crippen LogP contribution is -1.96. The summed E-state index contributed by atoms with van der Waals surface area (Å²) in [5, 5.41) is 0. The molecule has 0 atom stereocenters. The second-order valence-corrected chi connectivity index (χ2v) is 5.48. The van der Waals surface area contributed by atoms with Crippen molar-refractivity contribution in [3.8, 4) is 17.0 Å². The topological polar surface area (TPSA) is 52.5 Å². The van der Waals surface area contributed by atoms with Gasteiger partial charge in [0.25, 0.3) is 0 Å². The molecule has 1 fully saturated rings. The van der Waals surface area contributed by atoms with Crippen LogP contribution >= 0.6 is 0 Å². The van der Waals surface area contributed by atoms with Gasteiger partial charge in [0.15, 0.2) is 11.4 Å². The van der Waals surface area contributed by atoms with Crippen LogP contribution in [0.25, 0.3) is 16.9 Å². The van der Waals surface area contributed by atoms with Gasteiger partial charge in [-0.2, -0.15) is 0 Å². The van der Waals surface area contributed by atoms with Crippen LogP contribution in [0.3, 0.4) is 0 Å². The van der Waals surface area contributed by atoms with Crippen molar-refractivity contribution in [2.45, 2.75) is 18.8 Å². The van der Waals surface area contributed by atoms with E-state index in [0.717, 1.165) is 22.7 Å². The standard InChI is InChI=1S/C17H17N3O/c1-21-14-7-4-10-20-16(18)15(19-17(14)20)13-6-3-2-5-12(13)11-8-9-11/h2-7,10-11H,8-9,18H2,1H3. The van der Waals surface area contributed by atoms with E-state index < -0.39 is 0 Å². The highest BCUT2D eigenvalue weighted by Crippen LogP contribution is 2.45. The zero-order valence-corrected chi connectivity index (χ0v) is 11.9. The van der Waals surface area contributed by atoms with E-state index in [1.54, 1.807) is 7.11 Å². The summed E-state index contributed by atoms with van der Waals surface area (Å²) in [5.74, 6) is 2.06. The molecule has 2 heterocycles. The Labute approximate surface area is 123 Å². The van der Waals surface area contributed by atoms with Crippen molar-refractivity contribution < 1.29 is 4.74 Å². The Morgan fingerprint density at radius 2 is 2.00 bits per heavy atom. The minimum absolute atomic E-state index is 0.660. The number of hydrogen-bond donors (Lipinski definition) is 1. The predicted molar refractivity (Wildman–Crippen MR) is 83.6 cm³/mol. The maximum absolute atomic E-state index is 6.33. The molecule has 0 spiro atoms. The first-order valence-electron chi connectivity index (χ1n) is 7.19. The molecule has 2 N–H and O–H groups in total.